The molecule has 0 aliphatic carbocycles. The largest absolute Gasteiger partial charge is 0.356 e. The van der Waals surface area contributed by atoms with E-state index in [9.17, 15) is 9.59 Å². The molecule has 2 amide bonds. The van der Waals surface area contributed by atoms with Gasteiger partial charge in [-0.2, -0.15) is 0 Å². The van der Waals surface area contributed by atoms with Crippen LogP contribution in [0.3, 0.4) is 0 Å². The number of unbranched alkanes of at least 4 members (excludes halogenated alkanes) is 1. The zero-order valence-electron chi connectivity index (χ0n) is 19.7. The van der Waals surface area contributed by atoms with E-state index in [1.54, 1.807) is 6.33 Å². The maximum atomic E-state index is 12.4. The smallest absolute Gasteiger partial charge is 0.234 e. The van der Waals surface area contributed by atoms with Crippen molar-refractivity contribution in [3.63, 3.8) is 0 Å². The Bertz CT molecular complexity index is 898. The highest BCUT2D eigenvalue weighted by Crippen LogP contribution is 2.25. The fourth-order valence-corrected chi connectivity index (χ4v) is 4.48. The van der Waals surface area contributed by atoms with E-state index in [-0.39, 0.29) is 23.5 Å². The number of anilines is 2. The summed E-state index contributed by atoms with van der Waals surface area (Å²) in [5, 5.41) is 6.72. The van der Waals surface area contributed by atoms with Gasteiger partial charge in [0, 0.05) is 37.3 Å². The van der Waals surface area contributed by atoms with E-state index < -0.39 is 0 Å². The number of rotatable bonds is 11. The maximum absolute atomic E-state index is 12.4. The van der Waals surface area contributed by atoms with Crippen molar-refractivity contribution in [2.75, 3.05) is 35.6 Å². The summed E-state index contributed by atoms with van der Waals surface area (Å²) >= 11 is 1.40. The van der Waals surface area contributed by atoms with E-state index >= 15 is 0 Å². The molecule has 1 aromatic heterocycles. The first-order valence-electron chi connectivity index (χ1n) is 11.9. The summed E-state index contributed by atoms with van der Waals surface area (Å²) < 4.78 is 0. The Kier molecular flexibility index (Phi) is 10.00. The Hall–Kier alpha value is -2.61. The average molecular weight is 470 g/mol. The van der Waals surface area contributed by atoms with E-state index in [0.29, 0.717) is 0 Å². The van der Waals surface area contributed by atoms with Crippen LogP contribution in [0.25, 0.3) is 0 Å². The van der Waals surface area contributed by atoms with Crippen LogP contribution in [-0.2, 0) is 16.0 Å². The highest BCUT2D eigenvalue weighted by atomic mass is 32.2. The van der Waals surface area contributed by atoms with Crippen LogP contribution in [0.1, 0.15) is 51.5 Å². The highest BCUT2D eigenvalue weighted by molar-refractivity contribution is 7.99. The molecule has 33 heavy (non-hydrogen) atoms. The van der Waals surface area contributed by atoms with Gasteiger partial charge in [0.15, 0.2) is 0 Å². The Balaban J connectivity index is 1.45. The van der Waals surface area contributed by atoms with Gasteiger partial charge in [0.05, 0.1) is 5.75 Å². The molecule has 0 atom stereocenters. The van der Waals surface area contributed by atoms with Crippen LogP contribution in [0.2, 0.25) is 0 Å². The van der Waals surface area contributed by atoms with Crippen molar-refractivity contribution in [3.05, 3.63) is 42.2 Å². The number of carbonyl (C=O) groups is 2. The average Bonchev–Trinajstić information content (AvgIpc) is 2.86. The molecule has 0 radical (unpaired) electrons. The van der Waals surface area contributed by atoms with Crippen LogP contribution < -0.4 is 15.5 Å². The molecule has 0 unspecified atom stereocenters. The molecule has 0 bridgehead atoms. The molecule has 8 heteroatoms. The number of carbonyl (C=O) groups excluding carboxylic acids is 2. The van der Waals surface area contributed by atoms with Crippen molar-refractivity contribution in [2.45, 2.75) is 57.4 Å². The molecule has 1 aliphatic heterocycles. The fourth-order valence-electron chi connectivity index (χ4n) is 3.82. The molecule has 2 aromatic rings. The molecule has 0 saturated carbocycles. The second kappa shape index (κ2) is 13.2. The standard InChI is InChI=1S/C25H35N5O2S/c1-3-5-6-19-7-9-21(10-8-19)29-23(31)17-33-24-16-22(27-18-28-24)30-14-11-20(12-15-30)25(32)26-13-4-2/h7-10,16,18,20H,3-6,11-15,17H2,1-2H3,(H,26,32)(H,29,31). The maximum Gasteiger partial charge on any atom is 0.234 e. The summed E-state index contributed by atoms with van der Waals surface area (Å²) in [6.45, 7) is 6.57. The first-order valence-corrected chi connectivity index (χ1v) is 12.9. The van der Waals surface area contributed by atoms with Gasteiger partial charge in [-0.1, -0.05) is 44.2 Å². The van der Waals surface area contributed by atoms with Gasteiger partial charge in [-0.15, -0.1) is 0 Å². The number of aromatic nitrogens is 2. The number of piperidine rings is 1. The minimum Gasteiger partial charge on any atom is -0.356 e. The van der Waals surface area contributed by atoms with Gasteiger partial charge in [-0.05, 0) is 49.8 Å². The number of nitrogens with one attached hydrogen (secondary N) is 2. The molecule has 178 valence electrons. The first-order chi connectivity index (χ1) is 16.1. The Morgan fingerprint density at radius 1 is 1.09 bits per heavy atom. The number of nitrogens with zero attached hydrogens (tertiary/aromatic N) is 3. The van der Waals surface area contributed by atoms with Crippen LogP contribution in [0, 0.1) is 5.92 Å². The van der Waals surface area contributed by atoms with Crippen LogP contribution in [0.4, 0.5) is 11.5 Å². The summed E-state index contributed by atoms with van der Waals surface area (Å²) in [5.41, 5.74) is 2.11. The van der Waals surface area contributed by atoms with Crippen molar-refractivity contribution in [3.8, 4) is 0 Å². The fraction of sp³-hybridized carbons (Fsp3) is 0.520. The van der Waals surface area contributed by atoms with E-state index in [1.807, 2.05) is 18.2 Å². The lowest BCUT2D eigenvalue weighted by molar-refractivity contribution is -0.125. The molecule has 3 rings (SSSR count). The highest BCUT2D eigenvalue weighted by Gasteiger charge is 2.25. The predicted octanol–water partition coefficient (Wildman–Crippen LogP) is 4.29. The second-order valence-corrected chi connectivity index (χ2v) is 9.40. The SMILES string of the molecule is CCCCc1ccc(NC(=O)CSc2cc(N3CCC(C(=O)NCCC)CC3)ncn2)cc1. The molecule has 7 nitrogen and oxygen atoms in total. The summed E-state index contributed by atoms with van der Waals surface area (Å²) in [4.78, 5) is 35.5. The topological polar surface area (TPSA) is 87.2 Å². The number of aryl methyl sites for hydroxylation is 1. The lowest BCUT2D eigenvalue weighted by atomic mass is 9.96. The molecule has 2 heterocycles. The summed E-state index contributed by atoms with van der Waals surface area (Å²) in [7, 11) is 0. The minimum atomic E-state index is -0.0552. The second-order valence-electron chi connectivity index (χ2n) is 8.40. The van der Waals surface area contributed by atoms with Gasteiger partial charge >= 0.3 is 0 Å². The van der Waals surface area contributed by atoms with Crippen LogP contribution in [-0.4, -0.2) is 47.2 Å². The van der Waals surface area contributed by atoms with E-state index in [2.05, 4.69) is 51.5 Å². The van der Waals surface area contributed by atoms with Crippen molar-refractivity contribution in [1.82, 2.24) is 15.3 Å². The Morgan fingerprint density at radius 2 is 1.85 bits per heavy atom. The summed E-state index contributed by atoms with van der Waals surface area (Å²) in [6, 6.07) is 10.0. The lowest BCUT2D eigenvalue weighted by Crippen LogP contribution is -2.41. The van der Waals surface area contributed by atoms with Gasteiger partial charge in [-0.3, -0.25) is 9.59 Å². The third kappa shape index (κ3) is 8.03. The van der Waals surface area contributed by atoms with Crippen molar-refractivity contribution in [2.24, 2.45) is 5.92 Å². The number of thioether (sulfide) groups is 1. The molecule has 1 aromatic carbocycles. The molecule has 1 saturated heterocycles. The van der Waals surface area contributed by atoms with E-state index in [4.69, 9.17) is 0 Å². The van der Waals surface area contributed by atoms with Crippen LogP contribution >= 0.6 is 11.8 Å². The van der Waals surface area contributed by atoms with Gasteiger partial charge < -0.3 is 15.5 Å². The van der Waals surface area contributed by atoms with Gasteiger partial charge in [0.2, 0.25) is 11.8 Å². The van der Waals surface area contributed by atoms with Crippen LogP contribution in [0.5, 0.6) is 0 Å². The van der Waals surface area contributed by atoms with Crippen molar-refractivity contribution < 1.29 is 9.59 Å². The molecule has 2 N–H and O–H groups in total. The zero-order valence-corrected chi connectivity index (χ0v) is 20.5. The van der Waals surface area contributed by atoms with E-state index in [0.717, 1.165) is 61.8 Å². The lowest BCUT2D eigenvalue weighted by Gasteiger charge is -2.32. The predicted molar refractivity (Wildman–Crippen MR) is 135 cm³/mol. The van der Waals surface area contributed by atoms with Crippen LogP contribution in [0.15, 0.2) is 41.7 Å². The molecule has 0 spiro atoms. The molecular formula is C25H35N5O2S. The third-order valence-electron chi connectivity index (χ3n) is 5.77. The Labute approximate surface area is 201 Å². The molecular weight excluding hydrogens is 434 g/mol. The van der Waals surface area contributed by atoms with E-state index in [1.165, 1.54) is 30.2 Å². The van der Waals surface area contributed by atoms with Gasteiger partial charge in [0.25, 0.3) is 0 Å². The molecule has 1 fully saturated rings. The summed E-state index contributed by atoms with van der Waals surface area (Å²) in [5.74, 6) is 1.32. The zero-order chi connectivity index (χ0) is 23.5. The number of hydrogen-bond acceptors (Lipinski definition) is 6. The van der Waals surface area contributed by atoms with Gasteiger partial charge in [0.1, 0.15) is 17.2 Å². The summed E-state index contributed by atoms with van der Waals surface area (Å²) in [6.07, 6.45) is 7.56. The monoisotopic (exact) mass is 469 g/mol. The molecule has 1 aliphatic rings. The van der Waals surface area contributed by atoms with Crippen molar-refractivity contribution in [1.29, 1.82) is 0 Å². The van der Waals surface area contributed by atoms with Gasteiger partial charge in [-0.25, -0.2) is 9.97 Å². The number of benzene rings is 1. The van der Waals surface area contributed by atoms with Crippen molar-refractivity contribution >= 4 is 35.1 Å². The Morgan fingerprint density at radius 3 is 2.55 bits per heavy atom. The first kappa shape index (κ1) is 25.0. The minimum absolute atomic E-state index is 0.0552. The third-order valence-corrected chi connectivity index (χ3v) is 6.70. The number of hydrogen-bond donors (Lipinski definition) is 2. The number of amides is 2. The normalized spacial score (nSPS) is 14.2. The quantitative estimate of drug-likeness (QED) is 0.377.